The van der Waals surface area contributed by atoms with Crippen LogP contribution in [0.3, 0.4) is 0 Å². The van der Waals surface area contributed by atoms with Crippen molar-refractivity contribution in [2.45, 2.75) is 61.7 Å². The highest BCUT2D eigenvalue weighted by Gasteiger charge is 2.29. The molecule has 1 amide bonds. The molecule has 0 bridgehead atoms. The Morgan fingerprint density at radius 3 is 2.05 bits per heavy atom. The number of nitrogens with zero attached hydrogens (tertiary/aromatic N) is 1. The summed E-state index contributed by atoms with van der Waals surface area (Å²) in [6.07, 6.45) is -1.21. The standard InChI is InChI=1S/C29H32ClNO7S/c1-19(31(28(35)38-29(2,3)4)18-26(32)22-6-5-7-23(30)17-22)16-20-8-12-24(13-9-20)39(36,37)25-14-10-21(11-15-25)27(33)34/h5-15,17,19,26,32H,16,18H2,1-4H3,(H,33,34). The van der Waals surface area contributed by atoms with Crippen molar-refractivity contribution in [3.05, 3.63) is 94.5 Å². The Hall–Kier alpha value is -3.40. The number of hydrogen-bond acceptors (Lipinski definition) is 6. The molecule has 39 heavy (non-hydrogen) atoms. The lowest BCUT2D eigenvalue weighted by Gasteiger charge is -2.33. The number of hydrogen-bond donors (Lipinski definition) is 2. The first-order chi connectivity index (χ1) is 18.2. The van der Waals surface area contributed by atoms with Gasteiger partial charge < -0.3 is 19.8 Å². The van der Waals surface area contributed by atoms with Crippen molar-refractivity contribution in [3.63, 3.8) is 0 Å². The van der Waals surface area contributed by atoms with Gasteiger partial charge in [0.1, 0.15) is 5.60 Å². The van der Waals surface area contributed by atoms with Crippen LogP contribution in [0.25, 0.3) is 0 Å². The molecular weight excluding hydrogens is 542 g/mol. The maximum atomic E-state index is 13.1. The van der Waals surface area contributed by atoms with Gasteiger partial charge >= 0.3 is 12.1 Å². The van der Waals surface area contributed by atoms with Crippen molar-refractivity contribution in [3.8, 4) is 0 Å². The lowest BCUT2D eigenvalue weighted by Crippen LogP contribution is -2.45. The molecule has 10 heteroatoms. The van der Waals surface area contributed by atoms with Gasteiger partial charge in [-0.2, -0.15) is 0 Å². The van der Waals surface area contributed by atoms with Gasteiger partial charge in [0.05, 0.1) is 28.0 Å². The van der Waals surface area contributed by atoms with E-state index in [1.807, 2.05) is 6.92 Å². The highest BCUT2D eigenvalue weighted by atomic mass is 35.5. The fourth-order valence-corrected chi connectivity index (χ4v) is 5.39. The molecule has 3 aromatic rings. The van der Waals surface area contributed by atoms with Crippen molar-refractivity contribution in [1.82, 2.24) is 4.90 Å². The molecule has 0 aliphatic carbocycles. The number of aromatic carboxylic acids is 1. The second kappa shape index (κ2) is 12.2. The van der Waals surface area contributed by atoms with Gasteiger partial charge in [-0.1, -0.05) is 35.9 Å². The van der Waals surface area contributed by atoms with Crippen LogP contribution in [0.1, 0.15) is 55.3 Å². The molecule has 0 aliphatic heterocycles. The predicted octanol–water partition coefficient (Wildman–Crippen LogP) is 5.77. The summed E-state index contributed by atoms with van der Waals surface area (Å²) in [6.45, 7) is 7.07. The minimum atomic E-state index is -3.85. The molecule has 208 valence electrons. The third-order valence-corrected chi connectivity index (χ3v) is 7.96. The molecular formula is C29H32ClNO7S. The fourth-order valence-electron chi connectivity index (χ4n) is 3.93. The van der Waals surface area contributed by atoms with Gasteiger partial charge in [-0.05, 0) is 93.8 Å². The van der Waals surface area contributed by atoms with Crippen LogP contribution in [0.5, 0.6) is 0 Å². The van der Waals surface area contributed by atoms with Crippen LogP contribution in [-0.2, 0) is 21.0 Å². The van der Waals surface area contributed by atoms with Crippen LogP contribution in [0.2, 0.25) is 5.02 Å². The molecule has 2 atom stereocenters. The number of carboxylic acid groups (broad SMARTS) is 1. The summed E-state index contributed by atoms with van der Waals surface area (Å²) in [5.41, 5.74) is 0.588. The zero-order chi connectivity index (χ0) is 29.0. The number of amides is 1. The van der Waals surface area contributed by atoms with Gasteiger partial charge in [0.15, 0.2) is 0 Å². The van der Waals surface area contributed by atoms with E-state index in [9.17, 15) is 23.1 Å². The normalized spacial score (nSPS) is 13.4. The van der Waals surface area contributed by atoms with Gasteiger partial charge in [0.2, 0.25) is 9.84 Å². The van der Waals surface area contributed by atoms with Crippen molar-refractivity contribution < 1.29 is 33.0 Å². The minimum absolute atomic E-state index is 0.00620. The lowest BCUT2D eigenvalue weighted by molar-refractivity contribution is 0.00546. The summed E-state index contributed by atoms with van der Waals surface area (Å²) in [7, 11) is -3.85. The Morgan fingerprint density at radius 1 is 0.974 bits per heavy atom. The quantitative estimate of drug-likeness (QED) is 0.333. The number of carbonyl (C=O) groups is 2. The van der Waals surface area contributed by atoms with E-state index in [1.54, 1.807) is 57.2 Å². The lowest BCUT2D eigenvalue weighted by atomic mass is 10.0. The zero-order valence-electron chi connectivity index (χ0n) is 22.2. The Bertz CT molecular complexity index is 1420. The summed E-state index contributed by atoms with van der Waals surface area (Å²) in [5, 5.41) is 20.4. The number of aliphatic hydroxyl groups excluding tert-OH is 1. The summed E-state index contributed by atoms with van der Waals surface area (Å²) < 4.78 is 31.6. The molecule has 0 fully saturated rings. The van der Waals surface area contributed by atoms with Crippen molar-refractivity contribution in [2.75, 3.05) is 6.54 Å². The van der Waals surface area contributed by atoms with E-state index in [0.717, 1.165) is 5.56 Å². The van der Waals surface area contributed by atoms with Gasteiger partial charge in [0, 0.05) is 11.1 Å². The average molecular weight is 574 g/mol. The Morgan fingerprint density at radius 2 is 1.54 bits per heavy atom. The second-order valence-electron chi connectivity index (χ2n) is 10.2. The largest absolute Gasteiger partial charge is 0.478 e. The van der Waals surface area contributed by atoms with Crippen LogP contribution < -0.4 is 0 Å². The van der Waals surface area contributed by atoms with E-state index < -0.39 is 39.6 Å². The Labute approximate surface area is 233 Å². The Balaban J connectivity index is 1.79. The van der Waals surface area contributed by atoms with E-state index in [0.29, 0.717) is 17.0 Å². The first-order valence-corrected chi connectivity index (χ1v) is 14.1. The van der Waals surface area contributed by atoms with Gasteiger partial charge in [-0.15, -0.1) is 0 Å². The molecule has 8 nitrogen and oxygen atoms in total. The molecule has 2 N–H and O–H groups in total. The van der Waals surface area contributed by atoms with Crippen LogP contribution in [0.15, 0.2) is 82.6 Å². The Kier molecular flexibility index (Phi) is 9.43. The number of sulfone groups is 1. The average Bonchev–Trinajstić information content (AvgIpc) is 2.86. The van der Waals surface area contributed by atoms with E-state index in [1.165, 1.54) is 41.3 Å². The number of carbonyl (C=O) groups excluding carboxylic acids is 1. The van der Waals surface area contributed by atoms with Gasteiger partial charge in [-0.3, -0.25) is 0 Å². The maximum Gasteiger partial charge on any atom is 0.410 e. The number of benzene rings is 3. The minimum Gasteiger partial charge on any atom is -0.478 e. The molecule has 0 heterocycles. The summed E-state index contributed by atoms with van der Waals surface area (Å²) >= 11 is 6.07. The van der Waals surface area contributed by atoms with Crippen LogP contribution in [0, 0.1) is 0 Å². The highest BCUT2D eigenvalue weighted by Crippen LogP contribution is 2.25. The summed E-state index contributed by atoms with van der Waals surface area (Å²) in [5.74, 6) is -1.14. The summed E-state index contributed by atoms with van der Waals surface area (Å²) in [4.78, 5) is 25.6. The van der Waals surface area contributed by atoms with E-state index in [-0.39, 0.29) is 21.9 Å². The van der Waals surface area contributed by atoms with Gasteiger partial charge in [0.25, 0.3) is 0 Å². The number of aliphatic hydroxyl groups is 1. The topological polar surface area (TPSA) is 121 Å². The van der Waals surface area contributed by atoms with E-state index >= 15 is 0 Å². The third kappa shape index (κ3) is 8.05. The first kappa shape index (κ1) is 30.1. The van der Waals surface area contributed by atoms with Crippen LogP contribution in [-0.4, -0.2) is 53.8 Å². The molecule has 0 saturated heterocycles. The van der Waals surface area contributed by atoms with Crippen molar-refractivity contribution in [1.29, 1.82) is 0 Å². The number of halogens is 1. The molecule has 0 radical (unpaired) electrons. The molecule has 0 aliphatic rings. The smallest absolute Gasteiger partial charge is 0.410 e. The highest BCUT2D eigenvalue weighted by molar-refractivity contribution is 7.91. The molecule has 0 spiro atoms. The van der Waals surface area contributed by atoms with Crippen molar-refractivity contribution in [2.24, 2.45) is 0 Å². The summed E-state index contributed by atoms with van der Waals surface area (Å²) in [6, 6.07) is 17.7. The van der Waals surface area contributed by atoms with Crippen LogP contribution in [0.4, 0.5) is 4.79 Å². The first-order valence-electron chi connectivity index (χ1n) is 12.3. The monoisotopic (exact) mass is 573 g/mol. The number of ether oxygens (including phenoxy) is 1. The molecule has 3 aromatic carbocycles. The number of carboxylic acids is 1. The second-order valence-corrected chi connectivity index (χ2v) is 12.6. The third-order valence-electron chi connectivity index (χ3n) is 5.94. The number of rotatable bonds is 9. The predicted molar refractivity (Wildman–Crippen MR) is 148 cm³/mol. The van der Waals surface area contributed by atoms with Gasteiger partial charge in [-0.25, -0.2) is 18.0 Å². The fraction of sp³-hybridized carbons (Fsp3) is 0.310. The molecule has 0 saturated carbocycles. The van der Waals surface area contributed by atoms with Crippen molar-refractivity contribution >= 4 is 33.5 Å². The zero-order valence-corrected chi connectivity index (χ0v) is 23.7. The van der Waals surface area contributed by atoms with E-state index in [2.05, 4.69) is 0 Å². The SMILES string of the molecule is CC(Cc1ccc(S(=O)(=O)c2ccc(C(=O)O)cc2)cc1)N(CC(O)c1cccc(Cl)c1)C(=O)OC(C)(C)C. The molecule has 0 aromatic heterocycles. The molecule has 2 unspecified atom stereocenters. The molecule has 3 rings (SSSR count). The maximum absolute atomic E-state index is 13.1. The van der Waals surface area contributed by atoms with E-state index in [4.69, 9.17) is 21.4 Å². The van der Waals surface area contributed by atoms with Crippen LogP contribution >= 0.6 is 11.6 Å².